The van der Waals surface area contributed by atoms with Gasteiger partial charge in [0.25, 0.3) is 5.89 Å². The van der Waals surface area contributed by atoms with Gasteiger partial charge in [-0.1, -0.05) is 59.7 Å². The van der Waals surface area contributed by atoms with Gasteiger partial charge in [-0.3, -0.25) is 0 Å². The molecule has 0 atom stereocenters. The quantitative estimate of drug-likeness (QED) is 0.487. The van der Waals surface area contributed by atoms with Crippen LogP contribution < -0.4 is 5.32 Å². The molecule has 0 unspecified atom stereocenters. The lowest BCUT2D eigenvalue weighted by Gasteiger charge is -2.02. The number of hydrogen-bond acceptors (Lipinski definition) is 6. The fraction of sp³-hybridized carbons (Fsp3) is 0.190. The van der Waals surface area contributed by atoms with Crippen LogP contribution in [-0.4, -0.2) is 21.2 Å². The van der Waals surface area contributed by atoms with Crippen LogP contribution in [-0.2, 0) is 0 Å². The number of aryl methyl sites for hydroxylation is 1. The second-order valence-electron chi connectivity index (χ2n) is 6.59. The topological polar surface area (TPSA) is 63.8 Å². The average molecular weight is 376 g/mol. The van der Waals surface area contributed by atoms with Crippen molar-refractivity contribution in [1.29, 1.82) is 0 Å². The third kappa shape index (κ3) is 3.75. The first-order chi connectivity index (χ1) is 13.1. The Hall–Kier alpha value is -2.99. The summed E-state index contributed by atoms with van der Waals surface area (Å²) >= 11 is 1.56. The van der Waals surface area contributed by atoms with Crippen LogP contribution in [0.2, 0.25) is 0 Å². The molecular weight excluding hydrogens is 356 g/mol. The van der Waals surface area contributed by atoms with Gasteiger partial charge in [0.1, 0.15) is 9.88 Å². The van der Waals surface area contributed by atoms with Crippen LogP contribution in [0.25, 0.3) is 32.5 Å². The lowest BCUT2D eigenvalue weighted by atomic mass is 10.0. The molecule has 4 rings (SSSR count). The minimum Gasteiger partial charge on any atom is -0.402 e. The van der Waals surface area contributed by atoms with Crippen LogP contribution in [0.3, 0.4) is 0 Å². The lowest BCUT2D eigenvalue weighted by Crippen LogP contribution is -2.09. The average Bonchev–Trinajstić information content (AvgIpc) is 3.28. The number of benzene rings is 2. The molecule has 27 heavy (non-hydrogen) atoms. The number of aromatic nitrogens is 3. The molecule has 1 N–H and O–H groups in total. The van der Waals surface area contributed by atoms with Gasteiger partial charge in [0, 0.05) is 11.6 Å². The highest BCUT2D eigenvalue weighted by Crippen LogP contribution is 2.35. The number of thiazole rings is 1. The first kappa shape index (κ1) is 17.4. The standard InChI is InChI=1S/C21H20N4OS/c1-13(2)22-21-25-24-19(26-21)18-14(3)23-20(27-18)17-11-9-16(10-12-17)15-7-5-4-6-8-15/h4-13H,1-3H3,(H,22,25). The molecule has 0 saturated heterocycles. The van der Waals surface area contributed by atoms with Crippen LogP contribution in [0, 0.1) is 6.92 Å². The van der Waals surface area contributed by atoms with Gasteiger partial charge in [0.15, 0.2) is 0 Å². The van der Waals surface area contributed by atoms with E-state index in [9.17, 15) is 0 Å². The number of anilines is 1. The van der Waals surface area contributed by atoms with Crippen molar-refractivity contribution in [3.05, 3.63) is 60.3 Å². The van der Waals surface area contributed by atoms with Gasteiger partial charge in [0.05, 0.1) is 5.69 Å². The first-order valence-electron chi connectivity index (χ1n) is 8.84. The van der Waals surface area contributed by atoms with Crippen LogP contribution >= 0.6 is 11.3 Å². The van der Waals surface area contributed by atoms with Crippen molar-refractivity contribution in [2.45, 2.75) is 26.8 Å². The number of nitrogens with one attached hydrogen (secondary N) is 1. The maximum absolute atomic E-state index is 5.72. The molecule has 0 aliphatic carbocycles. The van der Waals surface area contributed by atoms with E-state index in [0.717, 1.165) is 21.1 Å². The van der Waals surface area contributed by atoms with E-state index < -0.39 is 0 Å². The summed E-state index contributed by atoms with van der Waals surface area (Å²) in [5, 5.41) is 12.3. The Morgan fingerprint density at radius 3 is 2.26 bits per heavy atom. The van der Waals surface area contributed by atoms with Gasteiger partial charge in [-0.2, -0.15) is 0 Å². The largest absolute Gasteiger partial charge is 0.402 e. The lowest BCUT2D eigenvalue weighted by molar-refractivity contribution is 0.575. The fourth-order valence-electron chi connectivity index (χ4n) is 2.77. The Kier molecular flexibility index (Phi) is 4.73. The Morgan fingerprint density at radius 2 is 1.56 bits per heavy atom. The molecule has 4 aromatic rings. The molecule has 0 spiro atoms. The van der Waals surface area contributed by atoms with Gasteiger partial charge in [-0.15, -0.1) is 16.4 Å². The highest BCUT2D eigenvalue weighted by molar-refractivity contribution is 7.18. The van der Waals surface area contributed by atoms with Crippen molar-refractivity contribution in [3.63, 3.8) is 0 Å². The highest BCUT2D eigenvalue weighted by atomic mass is 32.1. The van der Waals surface area contributed by atoms with Gasteiger partial charge < -0.3 is 9.73 Å². The van der Waals surface area contributed by atoms with Crippen molar-refractivity contribution in [2.75, 3.05) is 5.32 Å². The molecule has 136 valence electrons. The maximum atomic E-state index is 5.72. The van der Waals surface area contributed by atoms with Crippen LogP contribution in [0.5, 0.6) is 0 Å². The molecule has 5 nitrogen and oxygen atoms in total. The Balaban J connectivity index is 1.60. The third-order valence-corrected chi connectivity index (χ3v) is 5.26. The number of rotatable bonds is 5. The van der Waals surface area contributed by atoms with E-state index in [1.165, 1.54) is 11.1 Å². The zero-order valence-corrected chi connectivity index (χ0v) is 16.2. The molecule has 6 heteroatoms. The Labute approximate surface area is 162 Å². The summed E-state index contributed by atoms with van der Waals surface area (Å²) in [4.78, 5) is 5.60. The smallest absolute Gasteiger partial charge is 0.315 e. The normalized spacial score (nSPS) is 11.1. The fourth-order valence-corrected chi connectivity index (χ4v) is 3.77. The zero-order chi connectivity index (χ0) is 18.8. The van der Waals surface area contributed by atoms with E-state index in [1.54, 1.807) is 11.3 Å². The van der Waals surface area contributed by atoms with Crippen molar-refractivity contribution in [3.8, 4) is 32.5 Å². The summed E-state index contributed by atoms with van der Waals surface area (Å²) in [7, 11) is 0. The van der Waals surface area contributed by atoms with Crippen LogP contribution in [0.1, 0.15) is 19.5 Å². The van der Waals surface area contributed by atoms with Gasteiger partial charge in [-0.25, -0.2) is 4.98 Å². The van der Waals surface area contributed by atoms with Crippen LogP contribution in [0.15, 0.2) is 59.0 Å². The SMILES string of the molecule is Cc1nc(-c2ccc(-c3ccccc3)cc2)sc1-c1nnc(NC(C)C)o1. The zero-order valence-electron chi connectivity index (χ0n) is 15.4. The molecule has 0 radical (unpaired) electrons. The minimum atomic E-state index is 0.236. The van der Waals surface area contributed by atoms with Crippen LogP contribution in [0.4, 0.5) is 6.01 Å². The first-order valence-corrected chi connectivity index (χ1v) is 9.65. The summed E-state index contributed by atoms with van der Waals surface area (Å²) in [6.07, 6.45) is 0. The van der Waals surface area contributed by atoms with Gasteiger partial charge in [0.2, 0.25) is 0 Å². The van der Waals surface area contributed by atoms with Gasteiger partial charge in [-0.05, 0) is 31.9 Å². The van der Waals surface area contributed by atoms with E-state index in [2.05, 4.69) is 51.9 Å². The Morgan fingerprint density at radius 1 is 0.889 bits per heavy atom. The summed E-state index contributed by atoms with van der Waals surface area (Å²) in [6, 6.07) is 19.5. The minimum absolute atomic E-state index is 0.236. The van der Waals surface area contributed by atoms with E-state index in [4.69, 9.17) is 9.40 Å². The molecule has 0 fully saturated rings. The van der Waals surface area contributed by atoms with Crippen molar-refractivity contribution >= 4 is 17.4 Å². The molecule has 2 aromatic carbocycles. The maximum Gasteiger partial charge on any atom is 0.315 e. The second kappa shape index (κ2) is 7.32. The summed E-state index contributed by atoms with van der Waals surface area (Å²) in [6.45, 7) is 6.02. The second-order valence-corrected chi connectivity index (χ2v) is 7.59. The Bertz CT molecular complexity index is 1040. The number of hydrogen-bond donors (Lipinski definition) is 1. The number of nitrogens with zero attached hydrogens (tertiary/aromatic N) is 3. The molecule has 2 aromatic heterocycles. The summed E-state index contributed by atoms with van der Waals surface area (Å²) in [5.74, 6) is 0.500. The third-order valence-electron chi connectivity index (χ3n) is 4.07. The molecule has 0 aliphatic rings. The molecule has 0 saturated carbocycles. The molecule has 0 amide bonds. The predicted octanol–water partition coefficient (Wildman–Crippen LogP) is 5.66. The molecular formula is C21H20N4OS. The molecule has 0 bridgehead atoms. The van der Waals surface area contributed by atoms with E-state index in [-0.39, 0.29) is 6.04 Å². The van der Waals surface area contributed by atoms with Crippen molar-refractivity contribution in [1.82, 2.24) is 15.2 Å². The highest BCUT2D eigenvalue weighted by Gasteiger charge is 2.17. The molecule has 2 heterocycles. The summed E-state index contributed by atoms with van der Waals surface area (Å²) < 4.78 is 5.72. The monoisotopic (exact) mass is 376 g/mol. The van der Waals surface area contributed by atoms with E-state index >= 15 is 0 Å². The summed E-state index contributed by atoms with van der Waals surface area (Å²) in [5.41, 5.74) is 4.36. The predicted molar refractivity (Wildman–Crippen MR) is 110 cm³/mol. The van der Waals surface area contributed by atoms with Gasteiger partial charge >= 0.3 is 6.01 Å². The van der Waals surface area contributed by atoms with Crippen molar-refractivity contribution in [2.24, 2.45) is 0 Å². The molecule has 0 aliphatic heterocycles. The van der Waals surface area contributed by atoms with E-state index in [1.807, 2.05) is 39.0 Å². The van der Waals surface area contributed by atoms with E-state index in [0.29, 0.717) is 11.9 Å². The van der Waals surface area contributed by atoms with Crippen molar-refractivity contribution < 1.29 is 4.42 Å².